The molecular formula is C17H18N2O4S. The number of hydrogen-bond acceptors (Lipinski definition) is 5. The van der Waals surface area contributed by atoms with Gasteiger partial charge < -0.3 is 4.90 Å². The van der Waals surface area contributed by atoms with Crippen molar-refractivity contribution in [2.75, 3.05) is 11.2 Å². The predicted molar refractivity (Wildman–Crippen MR) is 91.9 cm³/mol. The van der Waals surface area contributed by atoms with Crippen LogP contribution in [0.5, 0.6) is 0 Å². The molecule has 1 aliphatic carbocycles. The summed E-state index contributed by atoms with van der Waals surface area (Å²) in [5.74, 6) is 0. The van der Waals surface area contributed by atoms with Gasteiger partial charge in [-0.3, -0.25) is 10.1 Å². The van der Waals surface area contributed by atoms with E-state index in [1.165, 1.54) is 18.4 Å². The van der Waals surface area contributed by atoms with Gasteiger partial charge in [-0.2, -0.15) is 0 Å². The SMILES string of the molecule is CS(=O)(=O)c1ccc(N(Cc2ccc([N+](=O)[O-])cc2)C2CC2)cc1. The van der Waals surface area contributed by atoms with Crippen LogP contribution < -0.4 is 4.90 Å². The predicted octanol–water partition coefficient (Wildman–Crippen LogP) is 3.17. The van der Waals surface area contributed by atoms with Crippen molar-refractivity contribution in [1.82, 2.24) is 0 Å². The highest BCUT2D eigenvalue weighted by molar-refractivity contribution is 7.90. The van der Waals surface area contributed by atoms with Gasteiger partial charge in [0.2, 0.25) is 0 Å². The first kappa shape index (κ1) is 16.4. The molecule has 0 N–H and O–H groups in total. The minimum atomic E-state index is -3.20. The summed E-state index contributed by atoms with van der Waals surface area (Å²) in [6, 6.07) is 13.9. The molecule has 1 saturated carbocycles. The number of rotatable bonds is 6. The van der Waals surface area contributed by atoms with Crippen molar-refractivity contribution in [3.05, 3.63) is 64.2 Å². The Labute approximate surface area is 140 Å². The topological polar surface area (TPSA) is 80.5 Å². The third-order valence-electron chi connectivity index (χ3n) is 4.08. The standard InChI is InChI=1S/C17H18N2O4S/c1-24(22,23)17-10-8-15(9-11-17)18(14-6-7-14)12-13-2-4-16(5-3-13)19(20)21/h2-5,8-11,14H,6-7,12H2,1H3. The molecule has 0 unspecified atom stereocenters. The van der Waals surface area contributed by atoms with Gasteiger partial charge in [-0.15, -0.1) is 0 Å². The van der Waals surface area contributed by atoms with Crippen LogP contribution in [0.25, 0.3) is 0 Å². The first-order valence-corrected chi connectivity index (χ1v) is 9.54. The number of anilines is 1. The lowest BCUT2D eigenvalue weighted by Gasteiger charge is -2.25. The minimum Gasteiger partial charge on any atom is -0.364 e. The van der Waals surface area contributed by atoms with E-state index in [1.54, 1.807) is 24.3 Å². The van der Waals surface area contributed by atoms with Gasteiger partial charge in [0.25, 0.3) is 5.69 Å². The Hall–Kier alpha value is -2.41. The van der Waals surface area contributed by atoms with E-state index in [2.05, 4.69) is 4.90 Å². The van der Waals surface area contributed by atoms with E-state index < -0.39 is 14.8 Å². The van der Waals surface area contributed by atoms with Gasteiger partial charge in [0.1, 0.15) is 0 Å². The van der Waals surface area contributed by atoms with E-state index in [-0.39, 0.29) is 5.69 Å². The summed E-state index contributed by atoms with van der Waals surface area (Å²) in [6.07, 6.45) is 3.39. The van der Waals surface area contributed by atoms with Crippen molar-refractivity contribution in [2.24, 2.45) is 0 Å². The van der Waals surface area contributed by atoms with Gasteiger partial charge >= 0.3 is 0 Å². The summed E-state index contributed by atoms with van der Waals surface area (Å²) >= 11 is 0. The molecular weight excluding hydrogens is 328 g/mol. The lowest BCUT2D eigenvalue weighted by molar-refractivity contribution is -0.384. The van der Waals surface area contributed by atoms with Crippen molar-refractivity contribution in [3.63, 3.8) is 0 Å². The molecule has 0 aromatic heterocycles. The molecule has 0 radical (unpaired) electrons. The average molecular weight is 346 g/mol. The van der Waals surface area contributed by atoms with Crippen molar-refractivity contribution in [1.29, 1.82) is 0 Å². The van der Waals surface area contributed by atoms with E-state index in [0.29, 0.717) is 17.5 Å². The quantitative estimate of drug-likeness (QED) is 0.593. The van der Waals surface area contributed by atoms with Crippen molar-refractivity contribution >= 4 is 21.2 Å². The molecule has 126 valence electrons. The Balaban J connectivity index is 1.81. The molecule has 2 aromatic carbocycles. The summed E-state index contributed by atoms with van der Waals surface area (Å²) in [7, 11) is -3.20. The largest absolute Gasteiger partial charge is 0.364 e. The highest BCUT2D eigenvalue weighted by Crippen LogP contribution is 2.33. The van der Waals surface area contributed by atoms with E-state index in [0.717, 1.165) is 24.1 Å². The Kier molecular flexibility index (Phi) is 4.28. The first-order valence-electron chi connectivity index (χ1n) is 7.65. The Morgan fingerprint density at radius 3 is 2.12 bits per heavy atom. The Morgan fingerprint density at radius 2 is 1.67 bits per heavy atom. The lowest BCUT2D eigenvalue weighted by Crippen LogP contribution is -2.24. The molecule has 0 amide bonds. The van der Waals surface area contributed by atoms with Crippen LogP contribution in [0.1, 0.15) is 18.4 Å². The molecule has 0 aliphatic heterocycles. The maximum atomic E-state index is 11.6. The second-order valence-electron chi connectivity index (χ2n) is 6.05. The second-order valence-corrected chi connectivity index (χ2v) is 8.06. The average Bonchev–Trinajstić information content (AvgIpc) is 3.37. The number of benzene rings is 2. The van der Waals surface area contributed by atoms with Crippen LogP contribution in [-0.2, 0) is 16.4 Å². The molecule has 2 aromatic rings. The zero-order valence-corrected chi connectivity index (χ0v) is 14.1. The Bertz CT molecular complexity index is 841. The number of sulfone groups is 1. The van der Waals surface area contributed by atoms with Crippen LogP contribution in [0, 0.1) is 10.1 Å². The summed E-state index contributed by atoms with van der Waals surface area (Å²) < 4.78 is 23.1. The molecule has 0 spiro atoms. The summed E-state index contributed by atoms with van der Waals surface area (Å²) in [5.41, 5.74) is 2.03. The van der Waals surface area contributed by atoms with E-state index >= 15 is 0 Å². The summed E-state index contributed by atoms with van der Waals surface area (Å²) in [6.45, 7) is 0.640. The number of nitro groups is 1. The molecule has 1 aliphatic rings. The normalized spacial score (nSPS) is 14.4. The smallest absolute Gasteiger partial charge is 0.269 e. The molecule has 0 atom stereocenters. The zero-order valence-electron chi connectivity index (χ0n) is 13.3. The molecule has 24 heavy (non-hydrogen) atoms. The van der Waals surface area contributed by atoms with Crippen LogP contribution >= 0.6 is 0 Å². The number of non-ortho nitro benzene ring substituents is 1. The lowest BCUT2D eigenvalue weighted by atomic mass is 10.1. The maximum Gasteiger partial charge on any atom is 0.269 e. The van der Waals surface area contributed by atoms with Crippen molar-refractivity contribution < 1.29 is 13.3 Å². The highest BCUT2D eigenvalue weighted by Gasteiger charge is 2.29. The van der Waals surface area contributed by atoms with E-state index in [1.807, 2.05) is 12.1 Å². The number of nitro benzene ring substituents is 1. The Morgan fingerprint density at radius 1 is 1.08 bits per heavy atom. The van der Waals surface area contributed by atoms with Gasteiger partial charge in [0, 0.05) is 36.7 Å². The van der Waals surface area contributed by atoms with Gasteiger partial charge in [0.05, 0.1) is 9.82 Å². The number of hydrogen-bond donors (Lipinski definition) is 0. The van der Waals surface area contributed by atoms with E-state index in [4.69, 9.17) is 0 Å². The molecule has 1 fully saturated rings. The molecule has 0 heterocycles. The number of nitrogens with zero attached hydrogens (tertiary/aromatic N) is 2. The fraction of sp³-hybridized carbons (Fsp3) is 0.294. The maximum absolute atomic E-state index is 11.6. The molecule has 0 saturated heterocycles. The zero-order chi connectivity index (χ0) is 17.3. The van der Waals surface area contributed by atoms with Crippen LogP contribution in [0.15, 0.2) is 53.4 Å². The summed E-state index contributed by atoms with van der Waals surface area (Å²) in [4.78, 5) is 12.8. The van der Waals surface area contributed by atoms with Gasteiger partial charge in [-0.05, 0) is 42.7 Å². The third kappa shape index (κ3) is 3.73. The fourth-order valence-electron chi connectivity index (χ4n) is 2.62. The van der Waals surface area contributed by atoms with Crippen molar-refractivity contribution in [2.45, 2.75) is 30.3 Å². The monoisotopic (exact) mass is 346 g/mol. The summed E-state index contributed by atoms with van der Waals surface area (Å²) in [5, 5.41) is 10.7. The first-order chi connectivity index (χ1) is 11.3. The molecule has 0 bridgehead atoms. The van der Waals surface area contributed by atoms with Crippen LogP contribution in [0.2, 0.25) is 0 Å². The minimum absolute atomic E-state index is 0.0780. The van der Waals surface area contributed by atoms with Crippen molar-refractivity contribution in [3.8, 4) is 0 Å². The van der Waals surface area contributed by atoms with E-state index in [9.17, 15) is 18.5 Å². The fourth-order valence-corrected chi connectivity index (χ4v) is 3.25. The van der Waals surface area contributed by atoms with Crippen LogP contribution in [-0.4, -0.2) is 25.6 Å². The molecule has 3 rings (SSSR count). The molecule has 6 nitrogen and oxygen atoms in total. The van der Waals surface area contributed by atoms with Crippen LogP contribution in [0.4, 0.5) is 11.4 Å². The third-order valence-corrected chi connectivity index (χ3v) is 5.21. The molecule has 7 heteroatoms. The highest BCUT2D eigenvalue weighted by atomic mass is 32.2. The second kappa shape index (κ2) is 6.24. The van der Waals surface area contributed by atoms with Gasteiger partial charge in [-0.25, -0.2) is 8.42 Å². The van der Waals surface area contributed by atoms with Crippen LogP contribution in [0.3, 0.4) is 0 Å². The van der Waals surface area contributed by atoms with Gasteiger partial charge in [0.15, 0.2) is 9.84 Å². The van der Waals surface area contributed by atoms with Gasteiger partial charge in [-0.1, -0.05) is 12.1 Å².